The van der Waals surface area contributed by atoms with Crippen LogP contribution in [0, 0.1) is 0 Å². The van der Waals surface area contributed by atoms with Gasteiger partial charge in [-0.05, 0) is 112 Å². The number of benzene rings is 3. The lowest BCUT2D eigenvalue weighted by Crippen LogP contribution is -2.37. The number of thioether (sulfide) groups is 2. The van der Waals surface area contributed by atoms with E-state index in [4.69, 9.17) is 0 Å². The molecule has 2 atom stereocenters. The van der Waals surface area contributed by atoms with Gasteiger partial charge >= 0.3 is 0 Å². The number of aliphatic hydroxyl groups excluding tert-OH is 1. The van der Waals surface area contributed by atoms with Gasteiger partial charge in [0.15, 0.2) is 6.04 Å². The molecule has 0 amide bonds. The minimum Gasteiger partial charge on any atom is -0.506 e. The molecule has 2 aliphatic carbocycles. The van der Waals surface area contributed by atoms with Crippen LogP contribution in [-0.2, 0) is 24.8 Å². The predicted molar refractivity (Wildman–Crippen MR) is 247 cm³/mol. The quantitative estimate of drug-likeness (QED) is 0.0559. The fourth-order valence-electron chi connectivity index (χ4n) is 8.24. The van der Waals surface area contributed by atoms with Gasteiger partial charge in [0, 0.05) is 64.2 Å². The third-order valence-corrected chi connectivity index (χ3v) is 16.3. The molecule has 2 aliphatic heterocycles. The Morgan fingerprint density at radius 3 is 2.02 bits per heavy atom. The number of carbonyl (C=O) groups is 1. The maximum atomic E-state index is 14.3. The van der Waals surface area contributed by atoms with E-state index in [1.54, 1.807) is 47.8 Å². The predicted octanol–water partition coefficient (Wildman–Crippen LogP) is 8.72. The van der Waals surface area contributed by atoms with Gasteiger partial charge in [-0.15, -0.1) is 23.5 Å². The van der Waals surface area contributed by atoms with E-state index in [1.165, 1.54) is 0 Å². The second-order valence-corrected chi connectivity index (χ2v) is 21.9. The lowest BCUT2D eigenvalue weighted by molar-refractivity contribution is -0.571. The van der Waals surface area contributed by atoms with Crippen molar-refractivity contribution in [2.75, 3.05) is 45.7 Å². The van der Waals surface area contributed by atoms with Crippen LogP contribution in [0.1, 0.15) is 70.8 Å². The van der Waals surface area contributed by atoms with E-state index < -0.39 is 25.8 Å². The van der Waals surface area contributed by atoms with Crippen molar-refractivity contribution in [2.24, 2.45) is 0 Å². The van der Waals surface area contributed by atoms with E-state index in [1.807, 2.05) is 72.8 Å². The van der Waals surface area contributed by atoms with Gasteiger partial charge in [0.05, 0.1) is 34.0 Å². The molecule has 10 nitrogen and oxygen atoms in total. The number of allylic oxidation sites excluding steroid dienone is 5. The fraction of sp³-hybridized carbons (Fsp3) is 0.391. The Kier molecular flexibility index (Phi) is 14.4. The number of carbonyl (C=O) groups excluding carboxylic acids is 1. The summed E-state index contributed by atoms with van der Waals surface area (Å²) >= 11 is 3.18. The van der Waals surface area contributed by atoms with Gasteiger partial charge in [-0.25, -0.2) is 21.4 Å². The number of nitrogens with one attached hydrogen (secondary N) is 2. The maximum absolute atomic E-state index is 14.3. The monoisotopic (exact) mass is 887 g/mol. The first kappa shape index (κ1) is 43.8. The first-order chi connectivity index (χ1) is 28.9. The Morgan fingerprint density at radius 2 is 1.40 bits per heavy atom. The van der Waals surface area contributed by atoms with Crippen LogP contribution in [0.5, 0.6) is 0 Å². The zero-order valence-electron chi connectivity index (χ0n) is 34.3. The van der Waals surface area contributed by atoms with Gasteiger partial charge in [-0.2, -0.15) is 0 Å². The average molecular weight is 888 g/mol. The molecule has 2 saturated heterocycles. The molecule has 7 rings (SSSR count). The number of anilines is 2. The van der Waals surface area contributed by atoms with E-state index >= 15 is 0 Å². The number of hydrogen-bond acceptors (Lipinski definition) is 9. The van der Waals surface area contributed by atoms with Crippen LogP contribution in [0.4, 0.5) is 11.4 Å². The zero-order valence-corrected chi connectivity index (χ0v) is 37.6. The van der Waals surface area contributed by atoms with E-state index in [-0.39, 0.29) is 63.0 Å². The van der Waals surface area contributed by atoms with Gasteiger partial charge in [0.1, 0.15) is 12.3 Å². The highest BCUT2D eigenvalue weighted by molar-refractivity contribution is 7.99. The normalized spacial score (nSPS) is 22.4. The number of piperidine rings is 2. The van der Waals surface area contributed by atoms with Crippen LogP contribution in [0.25, 0.3) is 5.57 Å². The second kappa shape index (κ2) is 19.6. The van der Waals surface area contributed by atoms with Crippen LogP contribution < -0.4 is 14.3 Å². The molecule has 0 radical (unpaired) electrons. The minimum absolute atomic E-state index is 0.0129. The number of aliphatic hydroxyl groups is 1. The molecule has 0 bridgehead atoms. The summed E-state index contributed by atoms with van der Waals surface area (Å²) in [4.78, 5) is 18.7. The summed E-state index contributed by atoms with van der Waals surface area (Å²) in [6.45, 7) is 5.95. The number of ketones is 1. The molecule has 2 unspecified atom stereocenters. The third kappa shape index (κ3) is 10.8. The zero-order chi connectivity index (χ0) is 42.3. The van der Waals surface area contributed by atoms with Crippen molar-refractivity contribution < 1.29 is 31.3 Å². The van der Waals surface area contributed by atoms with Crippen LogP contribution in [-0.4, -0.2) is 86.2 Å². The summed E-state index contributed by atoms with van der Waals surface area (Å²) in [5.74, 6) is 0.176. The second-order valence-electron chi connectivity index (χ2n) is 15.8. The van der Waals surface area contributed by atoms with Crippen molar-refractivity contribution in [1.82, 2.24) is 4.72 Å². The van der Waals surface area contributed by atoms with Crippen molar-refractivity contribution in [2.45, 2.75) is 87.1 Å². The summed E-state index contributed by atoms with van der Waals surface area (Å²) in [7, 11) is -7.70. The van der Waals surface area contributed by atoms with Gasteiger partial charge < -0.3 is 10.0 Å². The summed E-state index contributed by atoms with van der Waals surface area (Å²) in [6, 6.07) is 25.5. The molecule has 14 heteroatoms. The molecule has 3 aromatic rings. The van der Waals surface area contributed by atoms with Crippen molar-refractivity contribution in [3.05, 3.63) is 125 Å². The number of nitrogens with zero attached hydrogens (tertiary/aromatic N) is 2. The number of sulfonamides is 2. The maximum Gasteiger partial charge on any atom is 0.232 e. The summed E-state index contributed by atoms with van der Waals surface area (Å²) in [5.41, 5.74) is 2.63. The molecule has 3 aromatic carbocycles. The number of hydrogen-bond donors (Lipinski definition) is 3. The van der Waals surface area contributed by atoms with E-state index in [2.05, 4.69) is 32.8 Å². The smallest absolute Gasteiger partial charge is 0.232 e. The summed E-state index contributed by atoms with van der Waals surface area (Å²) in [5, 5.41) is 11.8. The van der Waals surface area contributed by atoms with Gasteiger partial charge in [0.2, 0.25) is 31.5 Å². The molecule has 0 spiro atoms. The highest BCUT2D eigenvalue weighted by Gasteiger charge is 2.40. The highest BCUT2D eigenvalue weighted by Crippen LogP contribution is 2.44. The minimum atomic E-state index is -3.85. The van der Waals surface area contributed by atoms with Crippen molar-refractivity contribution in [1.29, 1.82) is 0 Å². The van der Waals surface area contributed by atoms with E-state index in [0.717, 1.165) is 72.8 Å². The van der Waals surface area contributed by atoms with Crippen LogP contribution in [0.15, 0.2) is 129 Å². The lowest BCUT2D eigenvalue weighted by atomic mass is 9.79. The van der Waals surface area contributed by atoms with Crippen LogP contribution in [0.3, 0.4) is 0 Å². The molecule has 4 aliphatic rings. The Morgan fingerprint density at radius 1 is 0.767 bits per heavy atom. The first-order valence-corrected chi connectivity index (χ1v) is 26.2. The Hall–Kier alpha value is -4.24. The number of Topliss-reactive ketones (excluding diaryl/α,β-unsaturated/α-hetero) is 1. The van der Waals surface area contributed by atoms with E-state index in [0.29, 0.717) is 24.3 Å². The SMILES string of the molecule is CC1CCCCN1c1ccc(C2=C(O)/C(=C3/C=CC(=[N+]4CCCCC4C)C=C3NS(=O)(=O)CCCSc3ccccc3)C2=O)c(NS(=O)(=O)CCCSc2ccccc2)c1. The molecule has 318 valence electrons. The standard InChI is InChI=1S/C46H54N4O6S4/c1-33-15-9-11-25-49(33)35-21-23-39(41(31-35)47-59(53,54)29-13-27-57-37-17-5-3-6-18-37)43-45(51)44(46(43)52)40-24-22-36(50-26-12-10-16-34(50)2)32-42(40)48-60(55,56)30-14-28-58-38-19-7-4-8-20-38/h3-8,17-24,31-34H,9-16,25-30H2,1-2H3,(H2,47,48,51,52)/p+1. The Bertz CT molecular complexity index is 2450. The first-order valence-electron chi connectivity index (χ1n) is 20.9. The highest BCUT2D eigenvalue weighted by atomic mass is 32.2. The average Bonchev–Trinajstić information content (AvgIpc) is 3.23. The van der Waals surface area contributed by atoms with Crippen LogP contribution in [0.2, 0.25) is 0 Å². The molecule has 60 heavy (non-hydrogen) atoms. The topological polar surface area (TPSA) is 136 Å². The molecular weight excluding hydrogens is 833 g/mol. The number of rotatable bonds is 16. The third-order valence-electron chi connectivity index (χ3n) is 11.4. The van der Waals surface area contributed by atoms with Crippen molar-refractivity contribution >= 4 is 72.0 Å². The molecule has 0 saturated carbocycles. The van der Waals surface area contributed by atoms with Gasteiger partial charge in [-0.3, -0.25) is 14.2 Å². The molecular formula is C46H55N4O6S4+. The molecule has 2 heterocycles. The van der Waals surface area contributed by atoms with Gasteiger partial charge in [0.25, 0.3) is 0 Å². The van der Waals surface area contributed by atoms with Gasteiger partial charge in [-0.1, -0.05) is 36.4 Å². The Labute approximate surface area is 364 Å². The fourth-order valence-corrected chi connectivity index (χ4v) is 12.6. The van der Waals surface area contributed by atoms with Crippen molar-refractivity contribution in [3.8, 4) is 0 Å². The largest absolute Gasteiger partial charge is 0.506 e. The molecule has 0 aromatic heterocycles. The van der Waals surface area contributed by atoms with Crippen LogP contribution >= 0.6 is 23.5 Å². The summed E-state index contributed by atoms with van der Waals surface area (Å²) < 4.78 is 62.4. The molecule has 2 fully saturated rings. The lowest BCUT2D eigenvalue weighted by Gasteiger charge is -2.36. The molecule has 3 N–H and O–H groups in total. The van der Waals surface area contributed by atoms with E-state index in [9.17, 15) is 26.7 Å². The Balaban J connectivity index is 1.19. The summed E-state index contributed by atoms with van der Waals surface area (Å²) in [6.07, 6.45) is 12.5. The van der Waals surface area contributed by atoms with Crippen molar-refractivity contribution in [3.63, 3.8) is 0 Å².